The maximum Gasteiger partial charge on any atom is 0.201 e. The molecule has 0 atom stereocenters. The molecule has 4 heteroatoms. The van der Waals surface area contributed by atoms with Gasteiger partial charge in [-0.25, -0.2) is 0 Å². The van der Waals surface area contributed by atoms with Gasteiger partial charge in [-0.3, -0.25) is 9.59 Å². The third-order valence-corrected chi connectivity index (χ3v) is 3.68. The second-order valence-electron chi connectivity index (χ2n) is 5.88. The van der Waals surface area contributed by atoms with E-state index in [0.29, 0.717) is 23.5 Å². The van der Waals surface area contributed by atoms with Crippen molar-refractivity contribution in [2.45, 2.75) is 26.4 Å². The van der Waals surface area contributed by atoms with Crippen molar-refractivity contribution in [3.05, 3.63) is 65.7 Å². The van der Waals surface area contributed by atoms with Crippen molar-refractivity contribution in [1.82, 2.24) is 0 Å². The Morgan fingerprint density at radius 2 is 1.62 bits per heavy atom. The highest BCUT2D eigenvalue weighted by Crippen LogP contribution is 2.18. The van der Waals surface area contributed by atoms with Gasteiger partial charge in [0.05, 0.1) is 0 Å². The molecule has 2 aromatic rings. The lowest BCUT2D eigenvalue weighted by Crippen LogP contribution is -2.38. The van der Waals surface area contributed by atoms with Crippen LogP contribution >= 0.6 is 0 Å². The summed E-state index contributed by atoms with van der Waals surface area (Å²) >= 11 is 0. The molecule has 0 aliphatic rings. The van der Waals surface area contributed by atoms with Crippen LogP contribution in [0.3, 0.4) is 0 Å². The molecule has 0 saturated heterocycles. The van der Waals surface area contributed by atoms with Gasteiger partial charge < -0.3 is 9.47 Å². The molecule has 0 amide bonds. The monoisotopic (exact) mass is 326 g/mol. The number of Topliss-reactive ketones (excluding diaryl/α,β-unsaturated/α-hetero) is 1. The van der Waals surface area contributed by atoms with Crippen LogP contribution in [0.15, 0.2) is 54.6 Å². The molecule has 0 unspecified atom stereocenters. The molecule has 0 aromatic heterocycles. The predicted octanol–water partition coefficient (Wildman–Crippen LogP) is 3.68. The van der Waals surface area contributed by atoms with Gasteiger partial charge in [-0.15, -0.1) is 0 Å². The highest BCUT2D eigenvalue weighted by Gasteiger charge is 2.28. The van der Waals surface area contributed by atoms with E-state index in [1.807, 2.05) is 25.1 Å². The van der Waals surface area contributed by atoms with E-state index in [1.54, 1.807) is 50.2 Å². The topological polar surface area (TPSA) is 52.6 Å². The van der Waals surface area contributed by atoms with Crippen molar-refractivity contribution in [2.24, 2.45) is 0 Å². The van der Waals surface area contributed by atoms with Gasteiger partial charge in [0.2, 0.25) is 5.78 Å². The van der Waals surface area contributed by atoms with E-state index in [-0.39, 0.29) is 18.2 Å². The summed E-state index contributed by atoms with van der Waals surface area (Å²) in [7, 11) is 0. The summed E-state index contributed by atoms with van der Waals surface area (Å²) in [5.74, 6) is 0.253. The second kappa shape index (κ2) is 7.88. The zero-order valence-corrected chi connectivity index (χ0v) is 14.2. The van der Waals surface area contributed by atoms with Gasteiger partial charge in [0.15, 0.2) is 5.78 Å². The number of ketones is 2. The van der Waals surface area contributed by atoms with Crippen LogP contribution in [-0.4, -0.2) is 30.4 Å². The molecule has 0 aliphatic carbocycles. The van der Waals surface area contributed by atoms with Crippen molar-refractivity contribution in [1.29, 1.82) is 0 Å². The molecule has 0 heterocycles. The van der Waals surface area contributed by atoms with Gasteiger partial charge >= 0.3 is 0 Å². The summed E-state index contributed by atoms with van der Waals surface area (Å²) in [5.41, 5.74) is 0.255. The molecule has 0 radical (unpaired) electrons. The Labute approximate surface area is 142 Å². The van der Waals surface area contributed by atoms with E-state index < -0.39 is 5.60 Å². The van der Waals surface area contributed by atoms with Gasteiger partial charge in [0.25, 0.3) is 0 Å². The minimum Gasteiger partial charge on any atom is -0.486 e. The van der Waals surface area contributed by atoms with E-state index in [4.69, 9.17) is 9.47 Å². The van der Waals surface area contributed by atoms with Crippen molar-refractivity contribution in [2.75, 3.05) is 13.2 Å². The number of carbonyl (C=O) groups is 2. The minimum absolute atomic E-state index is 0.0815. The molecule has 0 N–H and O–H groups in total. The lowest BCUT2D eigenvalue weighted by Gasteiger charge is -2.22. The number of rotatable bonds is 8. The van der Waals surface area contributed by atoms with Gasteiger partial charge in [-0.2, -0.15) is 0 Å². The van der Waals surface area contributed by atoms with E-state index in [1.165, 1.54) is 0 Å². The van der Waals surface area contributed by atoms with Gasteiger partial charge in [0.1, 0.15) is 18.0 Å². The fourth-order valence-electron chi connectivity index (χ4n) is 2.25. The van der Waals surface area contributed by atoms with Crippen molar-refractivity contribution in [3.63, 3.8) is 0 Å². The van der Waals surface area contributed by atoms with Crippen LogP contribution in [0.4, 0.5) is 0 Å². The van der Waals surface area contributed by atoms with Crippen LogP contribution < -0.4 is 4.74 Å². The molecule has 0 spiro atoms. The molecule has 0 bridgehead atoms. The maximum absolute atomic E-state index is 12.4. The number of hydrogen-bond acceptors (Lipinski definition) is 4. The molecular weight excluding hydrogens is 304 g/mol. The normalized spacial score (nSPS) is 11.1. The van der Waals surface area contributed by atoms with Crippen molar-refractivity contribution < 1.29 is 19.1 Å². The first-order valence-electron chi connectivity index (χ1n) is 7.94. The predicted molar refractivity (Wildman–Crippen MR) is 92.5 cm³/mol. The summed E-state index contributed by atoms with van der Waals surface area (Å²) in [4.78, 5) is 24.6. The molecule has 2 rings (SSSR count). The van der Waals surface area contributed by atoms with E-state index in [0.717, 1.165) is 0 Å². The van der Waals surface area contributed by atoms with Crippen molar-refractivity contribution in [3.8, 4) is 5.75 Å². The Morgan fingerprint density at radius 1 is 0.958 bits per heavy atom. The molecule has 0 aliphatic heterocycles. The number of benzene rings is 2. The van der Waals surface area contributed by atoms with Crippen LogP contribution in [0.5, 0.6) is 5.75 Å². The smallest absolute Gasteiger partial charge is 0.201 e. The van der Waals surface area contributed by atoms with Crippen LogP contribution in [-0.2, 0) is 9.53 Å². The van der Waals surface area contributed by atoms with Gasteiger partial charge in [0, 0.05) is 17.7 Å². The first-order valence-corrected chi connectivity index (χ1v) is 7.94. The van der Waals surface area contributed by atoms with E-state index >= 15 is 0 Å². The first kappa shape index (κ1) is 17.9. The number of carbonyl (C=O) groups excluding carboxylic acids is 2. The Balaban J connectivity index is 2.06. The Hall–Kier alpha value is -2.46. The van der Waals surface area contributed by atoms with Crippen LogP contribution in [0.25, 0.3) is 0 Å². The number of ether oxygens (including phenoxy) is 2. The van der Waals surface area contributed by atoms with Crippen LogP contribution in [0, 0.1) is 0 Å². The SMILES string of the molecule is CCOC(C)(C)C(=O)COc1cccc(C(=O)c2ccccc2)c1. The molecule has 126 valence electrons. The summed E-state index contributed by atoms with van der Waals surface area (Å²) in [6.45, 7) is 5.64. The minimum atomic E-state index is -0.883. The summed E-state index contributed by atoms with van der Waals surface area (Å²) < 4.78 is 11.0. The zero-order chi connectivity index (χ0) is 17.6. The largest absolute Gasteiger partial charge is 0.486 e. The van der Waals surface area contributed by atoms with Crippen molar-refractivity contribution >= 4 is 11.6 Å². The number of hydrogen-bond donors (Lipinski definition) is 0. The fourth-order valence-corrected chi connectivity index (χ4v) is 2.25. The average molecular weight is 326 g/mol. The molecule has 0 fully saturated rings. The van der Waals surface area contributed by atoms with E-state index in [9.17, 15) is 9.59 Å². The third kappa shape index (κ3) is 4.52. The molecule has 4 nitrogen and oxygen atoms in total. The maximum atomic E-state index is 12.4. The Kier molecular flexibility index (Phi) is 5.88. The quantitative estimate of drug-likeness (QED) is 0.694. The standard InChI is InChI=1S/C20H22O4/c1-4-24-20(2,3)18(21)14-23-17-12-8-11-16(13-17)19(22)15-9-6-5-7-10-15/h5-13H,4,14H2,1-3H3. The Morgan fingerprint density at radius 3 is 2.29 bits per heavy atom. The highest BCUT2D eigenvalue weighted by atomic mass is 16.5. The van der Waals surface area contributed by atoms with Crippen LogP contribution in [0.2, 0.25) is 0 Å². The average Bonchev–Trinajstić information content (AvgIpc) is 2.60. The Bertz CT molecular complexity index is 705. The zero-order valence-electron chi connectivity index (χ0n) is 14.2. The first-order chi connectivity index (χ1) is 11.4. The molecule has 0 saturated carbocycles. The fraction of sp³-hybridized carbons (Fsp3) is 0.300. The lowest BCUT2D eigenvalue weighted by atomic mass is 10.0. The highest BCUT2D eigenvalue weighted by molar-refractivity contribution is 6.09. The lowest BCUT2D eigenvalue weighted by molar-refractivity contribution is -0.141. The van der Waals surface area contributed by atoms with Crippen LogP contribution in [0.1, 0.15) is 36.7 Å². The summed E-state index contributed by atoms with van der Waals surface area (Å²) in [6, 6.07) is 15.9. The summed E-state index contributed by atoms with van der Waals surface area (Å²) in [6.07, 6.45) is 0. The van der Waals surface area contributed by atoms with Gasteiger partial charge in [-0.1, -0.05) is 42.5 Å². The molecule has 2 aromatic carbocycles. The van der Waals surface area contributed by atoms with Gasteiger partial charge in [-0.05, 0) is 32.9 Å². The third-order valence-electron chi connectivity index (χ3n) is 3.68. The molecular formula is C20H22O4. The van der Waals surface area contributed by atoms with E-state index in [2.05, 4.69) is 0 Å². The molecule has 24 heavy (non-hydrogen) atoms. The second-order valence-corrected chi connectivity index (χ2v) is 5.88. The summed E-state index contributed by atoms with van der Waals surface area (Å²) in [5, 5.41) is 0.